The minimum atomic E-state index is -4.60. The van der Waals surface area contributed by atoms with Crippen LogP contribution in [0.25, 0.3) is 11.2 Å². The molecule has 1 aromatic carbocycles. The second kappa shape index (κ2) is 9.02. The van der Waals surface area contributed by atoms with Crippen LogP contribution in [0.4, 0.5) is 13.2 Å². The molecule has 0 N–H and O–H groups in total. The van der Waals surface area contributed by atoms with Crippen LogP contribution in [0.15, 0.2) is 35.3 Å². The Labute approximate surface area is 196 Å². The first-order valence-corrected chi connectivity index (χ1v) is 11.1. The number of imidazole rings is 1. The fourth-order valence-electron chi connectivity index (χ4n) is 4.27. The number of carbonyl (C=O) groups excluding carboxylic acids is 1. The van der Waals surface area contributed by atoms with Gasteiger partial charge in [0.25, 0.3) is 0 Å². The zero-order valence-electron chi connectivity index (χ0n) is 17.5. The summed E-state index contributed by atoms with van der Waals surface area (Å²) in [6, 6.07) is 5.48. The monoisotopic (exact) mass is 501 g/mol. The number of pyridine rings is 1. The van der Waals surface area contributed by atoms with Crippen LogP contribution >= 0.6 is 23.2 Å². The maximum absolute atomic E-state index is 13.4. The molecular weight excluding hydrogens is 482 g/mol. The van der Waals surface area contributed by atoms with Gasteiger partial charge in [-0.3, -0.25) is 13.9 Å². The lowest BCUT2D eigenvalue weighted by atomic mass is 9.93. The van der Waals surface area contributed by atoms with Gasteiger partial charge in [0.2, 0.25) is 0 Å². The van der Waals surface area contributed by atoms with Crippen molar-refractivity contribution in [2.45, 2.75) is 57.5 Å². The highest BCUT2D eigenvalue weighted by Gasteiger charge is 2.33. The molecule has 2 aromatic heterocycles. The van der Waals surface area contributed by atoms with Crippen LogP contribution in [0.5, 0.6) is 0 Å². The minimum Gasteiger partial charge on any atom is -0.463 e. The number of halogens is 5. The number of aromatic nitrogens is 3. The van der Waals surface area contributed by atoms with E-state index in [0.29, 0.717) is 36.3 Å². The molecule has 0 spiro atoms. The molecule has 0 unspecified atom stereocenters. The lowest BCUT2D eigenvalue weighted by Crippen LogP contribution is -2.32. The van der Waals surface area contributed by atoms with Crippen LogP contribution < -0.4 is 5.69 Å². The molecule has 2 heterocycles. The predicted octanol–water partition coefficient (Wildman–Crippen LogP) is 5.62. The van der Waals surface area contributed by atoms with Gasteiger partial charge in [-0.15, -0.1) is 0 Å². The van der Waals surface area contributed by atoms with Gasteiger partial charge in [0.15, 0.2) is 5.65 Å². The van der Waals surface area contributed by atoms with Gasteiger partial charge < -0.3 is 4.74 Å². The first-order valence-electron chi connectivity index (χ1n) is 10.3. The van der Waals surface area contributed by atoms with Gasteiger partial charge in [-0.1, -0.05) is 29.3 Å². The molecule has 0 atom stereocenters. The van der Waals surface area contributed by atoms with Crippen LogP contribution in [-0.2, 0) is 22.3 Å². The van der Waals surface area contributed by atoms with Crippen molar-refractivity contribution in [3.63, 3.8) is 0 Å². The Morgan fingerprint density at radius 3 is 2.45 bits per heavy atom. The third-order valence-electron chi connectivity index (χ3n) is 5.80. The van der Waals surface area contributed by atoms with Crippen molar-refractivity contribution in [3.8, 4) is 0 Å². The molecule has 1 aliphatic rings. The van der Waals surface area contributed by atoms with E-state index in [4.69, 9.17) is 27.9 Å². The Morgan fingerprint density at radius 2 is 1.85 bits per heavy atom. The molecule has 4 rings (SSSR count). The molecule has 3 aromatic rings. The number of nitrogens with zero attached hydrogens (tertiary/aromatic N) is 3. The van der Waals surface area contributed by atoms with Crippen molar-refractivity contribution >= 4 is 40.3 Å². The predicted molar refractivity (Wildman–Crippen MR) is 118 cm³/mol. The van der Waals surface area contributed by atoms with E-state index in [1.54, 1.807) is 18.2 Å². The molecule has 1 saturated carbocycles. The van der Waals surface area contributed by atoms with E-state index in [1.807, 2.05) is 0 Å². The number of fused-ring (bicyclic) bond motifs is 1. The van der Waals surface area contributed by atoms with E-state index < -0.39 is 17.4 Å². The summed E-state index contributed by atoms with van der Waals surface area (Å²) in [4.78, 5) is 28.7. The minimum absolute atomic E-state index is 0.00497. The second-order valence-corrected chi connectivity index (χ2v) is 8.91. The highest BCUT2D eigenvalue weighted by atomic mass is 35.5. The molecule has 1 aliphatic carbocycles. The molecule has 0 bridgehead atoms. The Morgan fingerprint density at radius 1 is 1.15 bits per heavy atom. The number of carbonyl (C=O) groups is 1. The first-order chi connectivity index (χ1) is 15.5. The zero-order valence-corrected chi connectivity index (χ0v) is 19.0. The third-order valence-corrected chi connectivity index (χ3v) is 6.54. The molecule has 33 heavy (non-hydrogen) atoms. The topological polar surface area (TPSA) is 66.1 Å². The Bertz CT molecular complexity index is 1260. The maximum Gasteiger partial charge on any atom is 0.417 e. The average Bonchev–Trinajstić information content (AvgIpc) is 3.01. The molecule has 6 nitrogen and oxygen atoms in total. The number of hydrogen-bond donors (Lipinski definition) is 0. The fourth-order valence-corrected chi connectivity index (χ4v) is 4.59. The Hall–Kier alpha value is -2.52. The summed E-state index contributed by atoms with van der Waals surface area (Å²) in [5, 5.41) is 0.615. The zero-order chi connectivity index (χ0) is 23.9. The molecule has 0 saturated heterocycles. The van der Waals surface area contributed by atoms with Crippen molar-refractivity contribution < 1.29 is 22.7 Å². The highest BCUT2D eigenvalue weighted by molar-refractivity contribution is 6.42. The van der Waals surface area contributed by atoms with E-state index in [2.05, 4.69) is 4.98 Å². The van der Waals surface area contributed by atoms with Gasteiger partial charge in [-0.05, 0) is 49.4 Å². The van der Waals surface area contributed by atoms with Crippen LogP contribution in [0, 0.1) is 0 Å². The van der Waals surface area contributed by atoms with Gasteiger partial charge in [0, 0.05) is 19.2 Å². The van der Waals surface area contributed by atoms with Crippen molar-refractivity contribution in [2.75, 3.05) is 0 Å². The van der Waals surface area contributed by atoms with Gasteiger partial charge in [0.05, 0.1) is 27.7 Å². The Balaban J connectivity index is 1.77. The lowest BCUT2D eigenvalue weighted by Gasteiger charge is -2.28. The van der Waals surface area contributed by atoms with Crippen LogP contribution in [-0.4, -0.2) is 26.2 Å². The number of esters is 1. The summed E-state index contributed by atoms with van der Waals surface area (Å²) in [5.41, 5.74) is -0.513. The molecule has 0 aliphatic heterocycles. The van der Waals surface area contributed by atoms with Gasteiger partial charge >= 0.3 is 17.8 Å². The summed E-state index contributed by atoms with van der Waals surface area (Å²) >= 11 is 12.0. The van der Waals surface area contributed by atoms with Crippen molar-refractivity contribution in [3.05, 3.63) is 62.1 Å². The second-order valence-electron chi connectivity index (χ2n) is 8.09. The smallest absolute Gasteiger partial charge is 0.417 e. The van der Waals surface area contributed by atoms with Crippen LogP contribution in [0.3, 0.4) is 0 Å². The molecule has 1 fully saturated rings. The average molecular weight is 502 g/mol. The normalized spacial score (nSPS) is 19.1. The number of benzene rings is 1. The molecular formula is C22H20Cl2F3N3O3. The van der Waals surface area contributed by atoms with Gasteiger partial charge in [-0.2, -0.15) is 13.2 Å². The number of ether oxygens (including phenoxy) is 1. The van der Waals surface area contributed by atoms with Crippen LogP contribution in [0.2, 0.25) is 10.0 Å². The third kappa shape index (κ3) is 4.89. The largest absolute Gasteiger partial charge is 0.463 e. The highest BCUT2D eigenvalue weighted by Crippen LogP contribution is 2.34. The summed E-state index contributed by atoms with van der Waals surface area (Å²) in [5.74, 6) is -0.366. The van der Waals surface area contributed by atoms with E-state index in [-0.39, 0.29) is 40.8 Å². The fraction of sp³-hybridized carbons (Fsp3) is 0.409. The van der Waals surface area contributed by atoms with E-state index in [9.17, 15) is 22.8 Å². The van der Waals surface area contributed by atoms with Gasteiger partial charge in [-0.25, -0.2) is 9.78 Å². The first kappa shape index (κ1) is 23.6. The molecule has 0 amide bonds. The van der Waals surface area contributed by atoms with Crippen LogP contribution in [0.1, 0.15) is 49.8 Å². The quantitative estimate of drug-likeness (QED) is 0.435. The summed E-state index contributed by atoms with van der Waals surface area (Å²) in [6.07, 6.45) is -1.92. The van der Waals surface area contributed by atoms with E-state index in [1.165, 1.54) is 16.1 Å². The van der Waals surface area contributed by atoms with Crippen molar-refractivity contribution in [1.29, 1.82) is 0 Å². The number of rotatable bonds is 4. The van der Waals surface area contributed by atoms with Gasteiger partial charge in [0.1, 0.15) is 6.10 Å². The molecule has 176 valence electrons. The summed E-state index contributed by atoms with van der Waals surface area (Å²) in [7, 11) is 0. The van der Waals surface area contributed by atoms with E-state index >= 15 is 0 Å². The lowest BCUT2D eigenvalue weighted by molar-refractivity contribution is -0.148. The standard InChI is InChI=1S/C22H20Cl2F3N3O3/c1-12(31)33-16-5-3-15(4-6-16)30-20-19(9-14(10-28-20)22(25,26)27)29(21(30)32)11-13-2-7-17(23)18(24)8-13/h2,7-10,15-16H,3-6,11H2,1H3/t15-,16-. The van der Waals surface area contributed by atoms with E-state index in [0.717, 1.165) is 12.3 Å². The Kier molecular flexibility index (Phi) is 6.46. The SMILES string of the molecule is CC(=O)O[C@H]1CC[C@H](n2c(=O)n(Cc3ccc(Cl)c(Cl)c3)c3cc(C(F)(F)F)cnc32)CC1. The summed E-state index contributed by atoms with van der Waals surface area (Å²) in [6.45, 7) is 1.35. The maximum atomic E-state index is 13.4. The molecule has 0 radical (unpaired) electrons. The molecule has 11 heteroatoms. The van der Waals surface area contributed by atoms with Crippen molar-refractivity contribution in [2.24, 2.45) is 0 Å². The van der Waals surface area contributed by atoms with Crippen molar-refractivity contribution in [1.82, 2.24) is 14.1 Å². The number of alkyl halides is 3. The summed E-state index contributed by atoms with van der Waals surface area (Å²) < 4.78 is 48.1. The number of hydrogen-bond acceptors (Lipinski definition) is 4.